The van der Waals surface area contributed by atoms with Gasteiger partial charge in [0.05, 0.1) is 30.3 Å². The molecule has 25 heavy (non-hydrogen) atoms. The Morgan fingerprint density at radius 1 is 0.960 bits per heavy atom. The van der Waals surface area contributed by atoms with Crippen molar-refractivity contribution < 1.29 is 24.9 Å². The van der Waals surface area contributed by atoms with E-state index in [2.05, 4.69) is 0 Å². The van der Waals surface area contributed by atoms with E-state index in [9.17, 15) is 20.1 Å². The second-order valence-electron chi connectivity index (χ2n) is 8.17. The van der Waals surface area contributed by atoms with Crippen LogP contribution < -0.4 is 0 Å². The summed E-state index contributed by atoms with van der Waals surface area (Å²) in [6.45, 7) is 1.56. The number of carbonyl (C=O) groups excluding carboxylic acids is 1. The van der Waals surface area contributed by atoms with Crippen LogP contribution in [-0.2, 0) is 9.53 Å². The van der Waals surface area contributed by atoms with Gasteiger partial charge in [-0.25, -0.2) is 0 Å². The Hall–Kier alpha value is -0.690. The van der Waals surface area contributed by atoms with Crippen molar-refractivity contribution in [3.05, 3.63) is 0 Å². The van der Waals surface area contributed by atoms with Gasteiger partial charge < -0.3 is 25.0 Å². The first-order chi connectivity index (χ1) is 12.0. The number of hydrogen-bond donors (Lipinski definition) is 3. The fraction of sp³-hybridized carbons (Fsp3) is 0.947. The van der Waals surface area contributed by atoms with E-state index in [-0.39, 0.29) is 12.3 Å². The molecule has 0 aromatic carbocycles. The zero-order chi connectivity index (χ0) is 17.8. The normalized spacial score (nSPS) is 37.9. The highest BCUT2D eigenvalue weighted by atomic mass is 16.5. The van der Waals surface area contributed by atoms with Crippen LogP contribution in [0.2, 0.25) is 0 Å². The van der Waals surface area contributed by atoms with Crippen molar-refractivity contribution in [3.8, 4) is 0 Å². The minimum atomic E-state index is -0.883. The fourth-order valence-electron chi connectivity index (χ4n) is 4.66. The maximum absolute atomic E-state index is 13.0. The van der Waals surface area contributed by atoms with E-state index >= 15 is 0 Å². The lowest BCUT2D eigenvalue weighted by Crippen LogP contribution is -2.54. The molecule has 4 unspecified atom stereocenters. The zero-order valence-electron chi connectivity index (χ0n) is 15.1. The molecule has 1 saturated heterocycles. The van der Waals surface area contributed by atoms with Crippen LogP contribution in [0.4, 0.5) is 0 Å². The maximum atomic E-state index is 13.0. The molecular weight excluding hydrogens is 322 g/mol. The van der Waals surface area contributed by atoms with Crippen LogP contribution >= 0.6 is 0 Å². The molecule has 0 spiro atoms. The number of piperidine rings is 1. The molecule has 3 aliphatic rings. The maximum Gasteiger partial charge on any atom is 0.231 e. The molecular formula is C19H33NO5. The van der Waals surface area contributed by atoms with Gasteiger partial charge in [-0.3, -0.25) is 4.79 Å². The quantitative estimate of drug-likeness (QED) is 0.702. The molecule has 1 amide bonds. The Kier molecular flexibility index (Phi) is 6.72. The molecule has 0 aromatic rings. The van der Waals surface area contributed by atoms with Gasteiger partial charge in [0, 0.05) is 32.5 Å². The summed E-state index contributed by atoms with van der Waals surface area (Å²) in [5.74, 6) is -0.235. The Labute approximate surface area is 150 Å². The molecule has 0 bridgehead atoms. The van der Waals surface area contributed by atoms with E-state index < -0.39 is 30.3 Å². The molecule has 6 nitrogen and oxygen atoms in total. The van der Waals surface area contributed by atoms with Gasteiger partial charge in [-0.15, -0.1) is 0 Å². The van der Waals surface area contributed by atoms with Crippen LogP contribution in [0.3, 0.4) is 0 Å². The van der Waals surface area contributed by atoms with Crippen molar-refractivity contribution in [2.75, 3.05) is 19.7 Å². The number of aliphatic hydroxyl groups excluding tert-OH is 3. The van der Waals surface area contributed by atoms with Crippen molar-refractivity contribution in [1.82, 2.24) is 4.90 Å². The monoisotopic (exact) mass is 355 g/mol. The molecule has 5 atom stereocenters. The first-order valence-corrected chi connectivity index (χ1v) is 9.99. The highest BCUT2D eigenvalue weighted by Gasteiger charge is 2.44. The van der Waals surface area contributed by atoms with Crippen LogP contribution in [0.15, 0.2) is 0 Å². The predicted molar refractivity (Wildman–Crippen MR) is 92.9 cm³/mol. The van der Waals surface area contributed by atoms with Crippen molar-refractivity contribution in [2.24, 2.45) is 11.8 Å². The fourth-order valence-corrected chi connectivity index (χ4v) is 4.66. The molecule has 2 aliphatic carbocycles. The van der Waals surface area contributed by atoms with Crippen LogP contribution in [0.5, 0.6) is 0 Å². The number of aliphatic hydroxyl groups is 3. The Morgan fingerprint density at radius 3 is 2.44 bits per heavy atom. The first-order valence-electron chi connectivity index (χ1n) is 9.99. The molecule has 1 heterocycles. The molecule has 0 aromatic heterocycles. The van der Waals surface area contributed by atoms with E-state index in [1.807, 2.05) is 0 Å². The van der Waals surface area contributed by atoms with Crippen LogP contribution in [0.25, 0.3) is 0 Å². The third kappa shape index (κ3) is 4.94. The van der Waals surface area contributed by atoms with E-state index in [0.717, 1.165) is 25.7 Å². The molecule has 3 fully saturated rings. The third-order valence-corrected chi connectivity index (χ3v) is 6.10. The molecule has 3 N–H and O–H groups in total. The minimum absolute atomic E-state index is 0.133. The van der Waals surface area contributed by atoms with Crippen molar-refractivity contribution >= 4 is 5.91 Å². The molecule has 144 valence electrons. The van der Waals surface area contributed by atoms with E-state index in [1.165, 1.54) is 19.3 Å². The molecule has 2 saturated carbocycles. The first kappa shape index (κ1) is 19.1. The summed E-state index contributed by atoms with van der Waals surface area (Å²) in [4.78, 5) is 14.6. The standard InChI is InChI=1S/C19H33NO5/c21-14-7-4-8-20(11-14)19(24)18-16(23)9-15(22)10-17(18)25-12-13-5-2-1-3-6-13/h13-18,21-23H,1-12H2/t14-,15?,16?,17?,18?/m1/s1. The number of likely N-dealkylation sites (tertiary alicyclic amines) is 1. The average Bonchev–Trinajstić information content (AvgIpc) is 2.60. The number of β-amino-alcohol motifs (C(OH)–C–C–N with tert-alkyl or cyclic N) is 1. The number of amides is 1. The number of hydrogen-bond acceptors (Lipinski definition) is 5. The lowest BCUT2D eigenvalue weighted by atomic mass is 9.80. The Bertz CT molecular complexity index is 440. The number of ether oxygens (including phenoxy) is 1. The summed E-state index contributed by atoms with van der Waals surface area (Å²) in [5.41, 5.74) is 0. The molecule has 6 heteroatoms. The largest absolute Gasteiger partial charge is 0.393 e. The summed E-state index contributed by atoms with van der Waals surface area (Å²) < 4.78 is 6.08. The van der Waals surface area contributed by atoms with Crippen molar-refractivity contribution in [1.29, 1.82) is 0 Å². The average molecular weight is 355 g/mol. The number of carbonyl (C=O) groups is 1. The highest BCUT2D eigenvalue weighted by Crippen LogP contribution is 2.32. The van der Waals surface area contributed by atoms with Gasteiger partial charge in [0.15, 0.2) is 0 Å². The molecule has 1 aliphatic heterocycles. The number of nitrogens with zero attached hydrogens (tertiary/aromatic N) is 1. The summed E-state index contributed by atoms with van der Waals surface area (Å²) in [5, 5.41) is 30.3. The van der Waals surface area contributed by atoms with Gasteiger partial charge >= 0.3 is 0 Å². The van der Waals surface area contributed by atoms with Gasteiger partial charge in [0.25, 0.3) is 0 Å². The lowest BCUT2D eigenvalue weighted by molar-refractivity contribution is -0.161. The summed E-state index contributed by atoms with van der Waals surface area (Å²) in [6.07, 6.45) is 5.78. The van der Waals surface area contributed by atoms with Gasteiger partial charge in [0.1, 0.15) is 0 Å². The second kappa shape index (κ2) is 8.80. The summed E-state index contributed by atoms with van der Waals surface area (Å²) >= 11 is 0. The SMILES string of the molecule is O=C(C1C(O)CC(O)CC1OCC1CCCCC1)N1CCC[C@@H](O)C1. The lowest BCUT2D eigenvalue weighted by Gasteiger charge is -2.41. The van der Waals surface area contributed by atoms with Gasteiger partial charge in [0.2, 0.25) is 5.91 Å². The molecule has 0 radical (unpaired) electrons. The number of rotatable bonds is 4. The van der Waals surface area contributed by atoms with Crippen molar-refractivity contribution in [2.45, 2.75) is 82.2 Å². The van der Waals surface area contributed by atoms with Crippen LogP contribution in [0, 0.1) is 11.8 Å². The van der Waals surface area contributed by atoms with Gasteiger partial charge in [-0.1, -0.05) is 19.3 Å². The smallest absolute Gasteiger partial charge is 0.231 e. The van der Waals surface area contributed by atoms with Crippen LogP contribution in [0.1, 0.15) is 57.8 Å². The zero-order valence-corrected chi connectivity index (χ0v) is 15.1. The van der Waals surface area contributed by atoms with Gasteiger partial charge in [-0.05, 0) is 31.6 Å². The predicted octanol–water partition coefficient (Wildman–Crippen LogP) is 1.07. The van der Waals surface area contributed by atoms with E-state index in [0.29, 0.717) is 32.0 Å². The Balaban J connectivity index is 1.63. The van der Waals surface area contributed by atoms with Crippen LogP contribution in [-0.4, -0.2) is 70.2 Å². The van der Waals surface area contributed by atoms with E-state index in [4.69, 9.17) is 4.74 Å². The molecule has 3 rings (SSSR count). The van der Waals surface area contributed by atoms with Gasteiger partial charge in [-0.2, -0.15) is 0 Å². The van der Waals surface area contributed by atoms with Crippen molar-refractivity contribution in [3.63, 3.8) is 0 Å². The van der Waals surface area contributed by atoms with E-state index in [1.54, 1.807) is 4.90 Å². The topological polar surface area (TPSA) is 90.2 Å². The minimum Gasteiger partial charge on any atom is -0.393 e. The highest BCUT2D eigenvalue weighted by molar-refractivity contribution is 5.80. The Morgan fingerprint density at radius 2 is 1.72 bits per heavy atom. The summed E-state index contributed by atoms with van der Waals surface area (Å²) in [7, 11) is 0. The summed E-state index contributed by atoms with van der Waals surface area (Å²) in [6, 6.07) is 0. The third-order valence-electron chi connectivity index (χ3n) is 6.10. The second-order valence-corrected chi connectivity index (χ2v) is 8.17.